The van der Waals surface area contributed by atoms with Crippen LogP contribution < -0.4 is 0 Å². The fourth-order valence-electron chi connectivity index (χ4n) is 2.21. The minimum Gasteiger partial charge on any atom is -0.353 e. The number of hydrogen-bond acceptors (Lipinski definition) is 2. The summed E-state index contributed by atoms with van der Waals surface area (Å²) >= 11 is 0. The third-order valence-corrected chi connectivity index (χ3v) is 3.24. The Hall–Kier alpha value is -1.12. The van der Waals surface area contributed by atoms with Crippen molar-refractivity contribution in [1.29, 1.82) is 0 Å². The van der Waals surface area contributed by atoms with Crippen molar-refractivity contribution in [2.75, 3.05) is 13.2 Å². The van der Waals surface area contributed by atoms with E-state index in [-0.39, 0.29) is 6.29 Å². The van der Waals surface area contributed by atoms with E-state index in [1.165, 1.54) is 24.0 Å². The summed E-state index contributed by atoms with van der Waals surface area (Å²) in [5.41, 5.74) is 2.53. The molecule has 0 saturated carbocycles. The van der Waals surface area contributed by atoms with Gasteiger partial charge in [0.05, 0.1) is 6.61 Å². The minimum atomic E-state index is 0.0401. The van der Waals surface area contributed by atoms with Crippen molar-refractivity contribution < 1.29 is 9.47 Å². The van der Waals surface area contributed by atoms with Crippen molar-refractivity contribution in [3.8, 4) is 0 Å². The molecule has 1 fully saturated rings. The Kier molecular flexibility index (Phi) is 5.43. The van der Waals surface area contributed by atoms with Crippen molar-refractivity contribution in [3.63, 3.8) is 0 Å². The summed E-state index contributed by atoms with van der Waals surface area (Å²) < 4.78 is 11.3. The molecule has 0 N–H and O–H groups in total. The van der Waals surface area contributed by atoms with Crippen molar-refractivity contribution in [2.24, 2.45) is 0 Å². The molecule has 1 aliphatic heterocycles. The van der Waals surface area contributed by atoms with Gasteiger partial charge in [-0.25, -0.2) is 0 Å². The summed E-state index contributed by atoms with van der Waals surface area (Å²) in [5.74, 6) is 0. The van der Waals surface area contributed by atoms with Crippen LogP contribution in [0.3, 0.4) is 0 Å². The van der Waals surface area contributed by atoms with Crippen molar-refractivity contribution >= 4 is 6.08 Å². The lowest BCUT2D eigenvalue weighted by atomic mass is 10.1. The van der Waals surface area contributed by atoms with Gasteiger partial charge in [0, 0.05) is 6.61 Å². The molecule has 1 atom stereocenters. The van der Waals surface area contributed by atoms with Gasteiger partial charge in [-0.3, -0.25) is 0 Å². The van der Waals surface area contributed by atoms with E-state index in [0.717, 1.165) is 32.5 Å². The summed E-state index contributed by atoms with van der Waals surface area (Å²) in [6.07, 6.45) is 7.47. The molecule has 0 amide bonds. The van der Waals surface area contributed by atoms with Crippen LogP contribution in [0.5, 0.6) is 0 Å². The quantitative estimate of drug-likeness (QED) is 0.711. The van der Waals surface area contributed by atoms with E-state index < -0.39 is 0 Å². The average Bonchev–Trinajstić information content (AvgIpc) is 2.45. The van der Waals surface area contributed by atoms with E-state index in [2.05, 4.69) is 30.8 Å². The van der Waals surface area contributed by atoms with Crippen LogP contribution in [0.2, 0.25) is 0 Å². The van der Waals surface area contributed by atoms with Crippen LogP contribution in [-0.4, -0.2) is 19.5 Å². The molecule has 98 valence electrons. The third kappa shape index (κ3) is 4.28. The van der Waals surface area contributed by atoms with E-state index >= 15 is 0 Å². The molecule has 1 saturated heterocycles. The summed E-state index contributed by atoms with van der Waals surface area (Å²) in [6, 6.07) is 8.49. The predicted molar refractivity (Wildman–Crippen MR) is 74.4 cm³/mol. The van der Waals surface area contributed by atoms with Gasteiger partial charge in [-0.2, -0.15) is 0 Å². The summed E-state index contributed by atoms with van der Waals surface area (Å²) in [5, 5.41) is 0. The van der Waals surface area contributed by atoms with Gasteiger partial charge in [0.25, 0.3) is 0 Å². The van der Waals surface area contributed by atoms with Gasteiger partial charge in [-0.15, -0.1) is 0 Å². The van der Waals surface area contributed by atoms with Gasteiger partial charge >= 0.3 is 0 Å². The second kappa shape index (κ2) is 7.34. The van der Waals surface area contributed by atoms with Gasteiger partial charge in [0.1, 0.15) is 0 Å². The Morgan fingerprint density at radius 3 is 3.11 bits per heavy atom. The van der Waals surface area contributed by atoms with Crippen LogP contribution >= 0.6 is 0 Å². The molecule has 0 spiro atoms. The largest absolute Gasteiger partial charge is 0.353 e. The Morgan fingerprint density at radius 2 is 2.33 bits per heavy atom. The molecule has 2 heteroatoms. The topological polar surface area (TPSA) is 18.5 Å². The maximum absolute atomic E-state index is 5.72. The van der Waals surface area contributed by atoms with E-state index in [1.54, 1.807) is 0 Å². The molecular weight excluding hydrogens is 224 g/mol. The zero-order valence-electron chi connectivity index (χ0n) is 10.9. The zero-order chi connectivity index (χ0) is 12.6. The van der Waals surface area contributed by atoms with Gasteiger partial charge in [-0.1, -0.05) is 36.9 Å². The molecule has 0 bridgehead atoms. The number of aryl methyl sites for hydroxylation is 1. The van der Waals surface area contributed by atoms with Gasteiger partial charge in [0.15, 0.2) is 6.29 Å². The Labute approximate surface area is 110 Å². The van der Waals surface area contributed by atoms with E-state index in [0.29, 0.717) is 0 Å². The SMILES string of the molecule is C=Cc1cccc(CCCOC2CCCCO2)c1. The van der Waals surface area contributed by atoms with Crippen LogP contribution in [-0.2, 0) is 15.9 Å². The molecular formula is C16H22O2. The number of ether oxygens (including phenoxy) is 2. The average molecular weight is 246 g/mol. The highest BCUT2D eigenvalue weighted by Gasteiger charge is 2.13. The monoisotopic (exact) mass is 246 g/mol. The summed E-state index contributed by atoms with van der Waals surface area (Å²) in [4.78, 5) is 0. The summed E-state index contributed by atoms with van der Waals surface area (Å²) in [7, 11) is 0. The second-order valence-electron chi connectivity index (χ2n) is 4.72. The fraction of sp³-hybridized carbons (Fsp3) is 0.500. The van der Waals surface area contributed by atoms with Crippen molar-refractivity contribution in [1.82, 2.24) is 0 Å². The van der Waals surface area contributed by atoms with Crippen LogP contribution in [0, 0.1) is 0 Å². The highest BCUT2D eigenvalue weighted by Crippen LogP contribution is 2.14. The molecule has 1 aromatic rings. The van der Waals surface area contributed by atoms with E-state index in [4.69, 9.17) is 9.47 Å². The second-order valence-corrected chi connectivity index (χ2v) is 4.72. The first-order valence-corrected chi connectivity index (χ1v) is 6.83. The Balaban J connectivity index is 1.66. The smallest absolute Gasteiger partial charge is 0.157 e. The van der Waals surface area contributed by atoms with E-state index in [9.17, 15) is 0 Å². The van der Waals surface area contributed by atoms with Crippen molar-refractivity contribution in [3.05, 3.63) is 42.0 Å². The number of hydrogen-bond donors (Lipinski definition) is 0. The molecule has 1 heterocycles. The van der Waals surface area contributed by atoms with Crippen LogP contribution in [0.15, 0.2) is 30.8 Å². The lowest BCUT2D eigenvalue weighted by Gasteiger charge is -2.22. The normalized spacial score (nSPS) is 19.7. The molecule has 18 heavy (non-hydrogen) atoms. The van der Waals surface area contributed by atoms with Gasteiger partial charge in [0.2, 0.25) is 0 Å². The maximum atomic E-state index is 5.72. The van der Waals surface area contributed by atoms with Crippen LogP contribution in [0.1, 0.15) is 36.8 Å². The van der Waals surface area contributed by atoms with Gasteiger partial charge in [-0.05, 0) is 43.2 Å². The lowest BCUT2D eigenvalue weighted by Crippen LogP contribution is -2.22. The molecule has 0 aromatic heterocycles. The standard InChI is InChI=1S/C16H22O2/c1-2-14-7-5-8-15(13-14)9-6-12-18-16-10-3-4-11-17-16/h2,5,7-8,13,16H,1,3-4,6,9-12H2. The summed E-state index contributed by atoms with van der Waals surface area (Å²) in [6.45, 7) is 5.42. The highest BCUT2D eigenvalue weighted by molar-refractivity contribution is 5.47. The first-order valence-electron chi connectivity index (χ1n) is 6.83. The van der Waals surface area contributed by atoms with Crippen molar-refractivity contribution in [2.45, 2.75) is 38.4 Å². The molecule has 0 aliphatic carbocycles. The molecule has 2 nitrogen and oxygen atoms in total. The Bertz CT molecular complexity index is 367. The maximum Gasteiger partial charge on any atom is 0.157 e. The third-order valence-electron chi connectivity index (χ3n) is 3.24. The fourth-order valence-corrected chi connectivity index (χ4v) is 2.21. The number of rotatable bonds is 6. The minimum absolute atomic E-state index is 0.0401. The Morgan fingerprint density at radius 1 is 1.39 bits per heavy atom. The van der Waals surface area contributed by atoms with Gasteiger partial charge < -0.3 is 9.47 Å². The van der Waals surface area contributed by atoms with E-state index in [1.807, 2.05) is 6.08 Å². The zero-order valence-corrected chi connectivity index (χ0v) is 10.9. The lowest BCUT2D eigenvalue weighted by molar-refractivity contribution is -0.162. The molecule has 2 rings (SSSR count). The number of benzene rings is 1. The first kappa shape index (κ1) is 13.3. The predicted octanol–water partition coefficient (Wildman–Crippen LogP) is 3.81. The highest BCUT2D eigenvalue weighted by atomic mass is 16.7. The van der Waals surface area contributed by atoms with Crippen LogP contribution in [0.4, 0.5) is 0 Å². The first-order chi connectivity index (χ1) is 8.88. The van der Waals surface area contributed by atoms with Crippen LogP contribution in [0.25, 0.3) is 6.08 Å². The molecule has 1 aromatic carbocycles. The molecule has 1 unspecified atom stereocenters. The molecule has 0 radical (unpaired) electrons. The molecule has 1 aliphatic rings.